The molecule has 200 valence electrons. The largest absolute Gasteiger partial charge is 0.416 e. The van der Waals surface area contributed by atoms with Gasteiger partial charge in [0.05, 0.1) is 12.2 Å². The molecular weight excluding hydrogens is 490 g/mol. The predicted octanol–water partition coefficient (Wildman–Crippen LogP) is 3.69. The van der Waals surface area contributed by atoms with Crippen LogP contribution in [0.2, 0.25) is 0 Å². The van der Waals surface area contributed by atoms with E-state index >= 15 is 0 Å². The summed E-state index contributed by atoms with van der Waals surface area (Å²) in [5.74, 6) is 0.372. The maximum absolute atomic E-state index is 14.1. The van der Waals surface area contributed by atoms with Gasteiger partial charge in [0.1, 0.15) is 24.0 Å². The predicted molar refractivity (Wildman–Crippen MR) is 129 cm³/mol. The highest BCUT2D eigenvalue weighted by Crippen LogP contribution is 2.33. The number of carbonyl (C=O) groups is 1. The molecule has 3 aliphatic heterocycles. The number of alkyl halides is 4. The van der Waals surface area contributed by atoms with Crippen molar-refractivity contribution in [2.45, 2.75) is 63.6 Å². The van der Waals surface area contributed by atoms with Crippen LogP contribution < -0.4 is 10.2 Å². The molecule has 0 aliphatic carbocycles. The van der Waals surface area contributed by atoms with E-state index in [2.05, 4.69) is 15.3 Å². The molecule has 2 atom stereocenters. The van der Waals surface area contributed by atoms with Crippen LogP contribution in [-0.4, -0.2) is 71.9 Å². The minimum atomic E-state index is -4.40. The van der Waals surface area contributed by atoms with Gasteiger partial charge in [0.25, 0.3) is 5.91 Å². The van der Waals surface area contributed by atoms with E-state index in [9.17, 15) is 22.4 Å². The van der Waals surface area contributed by atoms with Crippen LogP contribution in [-0.2, 0) is 23.9 Å². The van der Waals surface area contributed by atoms with E-state index in [1.165, 1.54) is 12.4 Å². The Bertz CT molecular complexity index is 1140. The van der Waals surface area contributed by atoms with Crippen LogP contribution in [0, 0.1) is 6.92 Å². The highest BCUT2D eigenvalue weighted by atomic mass is 19.4. The number of nitrogens with zero attached hydrogens (tertiary/aromatic N) is 4. The van der Waals surface area contributed by atoms with Gasteiger partial charge in [-0.05, 0) is 55.9 Å². The molecule has 0 unspecified atom stereocenters. The number of rotatable bonds is 4. The van der Waals surface area contributed by atoms with Crippen LogP contribution >= 0.6 is 0 Å². The summed E-state index contributed by atoms with van der Waals surface area (Å²) in [6, 6.07) is 3.80. The first-order valence-electron chi connectivity index (χ1n) is 12.7. The Kier molecular flexibility index (Phi) is 7.35. The zero-order valence-corrected chi connectivity index (χ0v) is 20.7. The van der Waals surface area contributed by atoms with Gasteiger partial charge in [-0.1, -0.05) is 6.07 Å². The number of piperidine rings is 1. The third-order valence-corrected chi connectivity index (χ3v) is 7.62. The summed E-state index contributed by atoms with van der Waals surface area (Å²) in [7, 11) is 0. The molecule has 1 amide bonds. The first-order valence-corrected chi connectivity index (χ1v) is 12.7. The molecule has 1 aromatic carbocycles. The molecule has 37 heavy (non-hydrogen) atoms. The van der Waals surface area contributed by atoms with Crippen LogP contribution in [0.4, 0.5) is 23.4 Å². The van der Waals surface area contributed by atoms with Gasteiger partial charge in [0.2, 0.25) is 0 Å². The molecule has 0 radical (unpaired) electrons. The van der Waals surface area contributed by atoms with Gasteiger partial charge in [-0.25, -0.2) is 14.4 Å². The topological polar surface area (TPSA) is 70.6 Å². The van der Waals surface area contributed by atoms with Crippen molar-refractivity contribution >= 4 is 11.7 Å². The molecule has 0 spiro atoms. The number of fused-ring (bicyclic) bond motifs is 1. The molecular formula is C26H31F4N5O2. The number of halogens is 4. The molecule has 2 saturated heterocycles. The minimum absolute atomic E-state index is 0.121. The second-order valence-corrected chi connectivity index (χ2v) is 10.0. The number of hydrogen-bond donors (Lipinski definition) is 1. The summed E-state index contributed by atoms with van der Waals surface area (Å²) in [6.45, 7) is 4.39. The molecule has 5 rings (SSSR count). The lowest BCUT2D eigenvalue weighted by atomic mass is 9.96. The van der Waals surface area contributed by atoms with Crippen molar-refractivity contribution in [1.82, 2.24) is 20.2 Å². The van der Waals surface area contributed by atoms with E-state index in [-0.39, 0.29) is 31.1 Å². The highest BCUT2D eigenvalue weighted by molar-refractivity contribution is 5.94. The molecule has 1 N–H and O–H groups in total. The van der Waals surface area contributed by atoms with E-state index in [1.54, 1.807) is 17.9 Å². The van der Waals surface area contributed by atoms with Gasteiger partial charge >= 0.3 is 6.18 Å². The SMILES string of the molecule is Cc1c(C(=O)N2CCC(N[C@H]3CCOC[C@H]3F)CC2)ncnc1N1CCc2ccc(C(F)(F)F)cc2C1. The lowest BCUT2D eigenvalue weighted by molar-refractivity contribution is -0.137. The van der Waals surface area contributed by atoms with Gasteiger partial charge in [-0.2, -0.15) is 13.2 Å². The second-order valence-electron chi connectivity index (χ2n) is 10.0. The van der Waals surface area contributed by atoms with Gasteiger partial charge in [0, 0.05) is 50.4 Å². The molecule has 11 heteroatoms. The number of anilines is 1. The van der Waals surface area contributed by atoms with Crippen molar-refractivity contribution in [3.63, 3.8) is 0 Å². The average molecular weight is 522 g/mol. The molecule has 3 aliphatic rings. The average Bonchev–Trinajstić information content (AvgIpc) is 2.89. The number of nitrogens with one attached hydrogen (secondary N) is 1. The van der Waals surface area contributed by atoms with Crippen LogP contribution in [0.15, 0.2) is 24.5 Å². The Morgan fingerprint density at radius 3 is 2.62 bits per heavy atom. The van der Waals surface area contributed by atoms with Crippen molar-refractivity contribution in [3.8, 4) is 0 Å². The Morgan fingerprint density at radius 2 is 1.89 bits per heavy atom. The molecule has 1 aromatic heterocycles. The van der Waals surface area contributed by atoms with Crippen molar-refractivity contribution in [2.75, 3.05) is 37.7 Å². The van der Waals surface area contributed by atoms with Crippen LogP contribution in [0.3, 0.4) is 0 Å². The number of aromatic nitrogens is 2. The lowest BCUT2D eigenvalue weighted by Gasteiger charge is -2.36. The zero-order chi connectivity index (χ0) is 26.2. The third-order valence-electron chi connectivity index (χ3n) is 7.62. The van der Waals surface area contributed by atoms with E-state index in [1.807, 2.05) is 4.90 Å². The first-order chi connectivity index (χ1) is 17.7. The normalized spacial score (nSPS) is 23.2. The van der Waals surface area contributed by atoms with Gasteiger partial charge in [-0.3, -0.25) is 4.79 Å². The van der Waals surface area contributed by atoms with Gasteiger partial charge in [-0.15, -0.1) is 0 Å². The molecule has 0 saturated carbocycles. The zero-order valence-electron chi connectivity index (χ0n) is 20.7. The summed E-state index contributed by atoms with van der Waals surface area (Å²) in [6.07, 6.45) is -1.40. The first kappa shape index (κ1) is 25.8. The van der Waals surface area contributed by atoms with E-state index < -0.39 is 17.9 Å². The Hall–Kier alpha value is -2.79. The fraction of sp³-hybridized carbons (Fsp3) is 0.577. The Balaban J connectivity index is 1.25. The lowest BCUT2D eigenvalue weighted by Crippen LogP contribution is -2.52. The summed E-state index contributed by atoms with van der Waals surface area (Å²) < 4.78 is 58.9. The standard InChI is InChI=1S/C26H31F4N5O2/c1-16-23(25(36)34-9-5-20(6-10-34)33-22-7-11-37-14-21(22)27)31-15-32-24(16)35-8-4-17-2-3-19(26(28,29)30)12-18(17)13-35/h2-3,12,15,20-22,33H,4-11,13-14H2,1H3/t21-,22+/m1/s1. The number of likely N-dealkylation sites (tertiary alicyclic amines) is 1. The molecule has 2 aromatic rings. The fourth-order valence-electron chi connectivity index (χ4n) is 5.48. The van der Waals surface area contributed by atoms with Crippen molar-refractivity contribution < 1.29 is 27.1 Å². The maximum Gasteiger partial charge on any atom is 0.416 e. The number of hydrogen-bond acceptors (Lipinski definition) is 6. The number of amides is 1. The van der Waals surface area contributed by atoms with Crippen molar-refractivity contribution in [3.05, 3.63) is 52.5 Å². The minimum Gasteiger partial charge on any atom is -0.378 e. The molecule has 7 nitrogen and oxygen atoms in total. The Labute approximate surface area is 213 Å². The molecule has 0 bridgehead atoms. The number of benzene rings is 1. The van der Waals surface area contributed by atoms with Crippen LogP contribution in [0.5, 0.6) is 0 Å². The van der Waals surface area contributed by atoms with Gasteiger partial charge < -0.3 is 19.9 Å². The fourth-order valence-corrected chi connectivity index (χ4v) is 5.48. The summed E-state index contributed by atoms with van der Waals surface area (Å²) >= 11 is 0. The van der Waals surface area contributed by atoms with Crippen LogP contribution in [0.25, 0.3) is 0 Å². The Morgan fingerprint density at radius 1 is 1.11 bits per heavy atom. The molecule has 4 heterocycles. The number of ether oxygens (including phenoxy) is 1. The summed E-state index contributed by atoms with van der Waals surface area (Å²) in [4.78, 5) is 25.7. The van der Waals surface area contributed by atoms with E-state index in [4.69, 9.17) is 4.74 Å². The van der Waals surface area contributed by atoms with Gasteiger partial charge in [0.15, 0.2) is 0 Å². The summed E-state index contributed by atoms with van der Waals surface area (Å²) in [5.41, 5.74) is 1.76. The molecule has 2 fully saturated rings. The highest BCUT2D eigenvalue weighted by Gasteiger charge is 2.33. The quantitative estimate of drug-likeness (QED) is 0.619. The third kappa shape index (κ3) is 5.57. The number of carbonyl (C=O) groups excluding carboxylic acids is 1. The van der Waals surface area contributed by atoms with Crippen LogP contribution in [0.1, 0.15) is 52.0 Å². The van der Waals surface area contributed by atoms with Crippen molar-refractivity contribution in [1.29, 1.82) is 0 Å². The maximum atomic E-state index is 14.1. The van der Waals surface area contributed by atoms with E-state index in [0.717, 1.165) is 24.5 Å². The second kappa shape index (κ2) is 10.5. The smallest absolute Gasteiger partial charge is 0.378 e. The van der Waals surface area contributed by atoms with Crippen molar-refractivity contribution in [2.24, 2.45) is 0 Å². The summed E-state index contributed by atoms with van der Waals surface area (Å²) in [5, 5.41) is 3.40. The monoisotopic (exact) mass is 521 g/mol. The van der Waals surface area contributed by atoms with E-state index in [0.29, 0.717) is 61.7 Å².